The predicted octanol–water partition coefficient (Wildman–Crippen LogP) is 1.66. The molecule has 1 aromatic heterocycles. The minimum absolute atomic E-state index is 0.396. The molecule has 86 valence electrons. The van der Waals surface area contributed by atoms with Crippen molar-refractivity contribution in [1.82, 2.24) is 10.3 Å². The van der Waals surface area contributed by atoms with E-state index in [0.29, 0.717) is 11.6 Å². The summed E-state index contributed by atoms with van der Waals surface area (Å²) in [5.74, 6) is -0.396. The molecule has 0 unspecified atom stereocenters. The van der Waals surface area contributed by atoms with Crippen molar-refractivity contribution < 1.29 is 4.42 Å². The fraction of sp³-hybridized carbons (Fsp3) is 0.417. The quantitative estimate of drug-likeness (QED) is 0.823. The van der Waals surface area contributed by atoms with E-state index in [1.807, 2.05) is 18.2 Å². The van der Waals surface area contributed by atoms with Crippen LogP contribution in [-0.4, -0.2) is 17.6 Å². The van der Waals surface area contributed by atoms with Gasteiger partial charge in [-0.05, 0) is 30.7 Å². The molecule has 0 fully saturated rings. The van der Waals surface area contributed by atoms with Crippen molar-refractivity contribution in [3.05, 3.63) is 34.3 Å². The summed E-state index contributed by atoms with van der Waals surface area (Å²) >= 11 is 0. The standard InChI is InChI=1S/C12H16N2O2/c1-8(2)13-6-5-9-3-4-11-10(7-9)14-12(15)16-11/h3-4,7-8,13H,5-6H2,1-2H3,(H,14,15). The highest BCUT2D eigenvalue weighted by Gasteiger charge is 2.02. The number of H-pyrrole nitrogens is 1. The number of rotatable bonds is 4. The Morgan fingerprint density at radius 2 is 2.25 bits per heavy atom. The topological polar surface area (TPSA) is 58.0 Å². The van der Waals surface area contributed by atoms with Gasteiger partial charge in [0.15, 0.2) is 5.58 Å². The molecule has 4 nitrogen and oxygen atoms in total. The summed E-state index contributed by atoms with van der Waals surface area (Å²) in [6.07, 6.45) is 0.946. The van der Waals surface area contributed by atoms with Crippen LogP contribution in [0.5, 0.6) is 0 Å². The van der Waals surface area contributed by atoms with Crippen molar-refractivity contribution in [3.8, 4) is 0 Å². The van der Waals surface area contributed by atoms with Crippen LogP contribution >= 0.6 is 0 Å². The Morgan fingerprint density at radius 3 is 3.00 bits per heavy atom. The number of oxazole rings is 1. The van der Waals surface area contributed by atoms with Gasteiger partial charge in [0.25, 0.3) is 0 Å². The second-order valence-electron chi connectivity index (χ2n) is 4.20. The normalized spacial score (nSPS) is 11.4. The van der Waals surface area contributed by atoms with E-state index >= 15 is 0 Å². The zero-order chi connectivity index (χ0) is 11.5. The number of nitrogens with one attached hydrogen (secondary N) is 2. The first kappa shape index (κ1) is 11.0. The van der Waals surface area contributed by atoms with Crippen LogP contribution in [0.15, 0.2) is 27.4 Å². The maximum absolute atomic E-state index is 11.0. The van der Waals surface area contributed by atoms with Gasteiger partial charge in [0.1, 0.15) is 0 Å². The third kappa shape index (κ3) is 2.52. The molecule has 0 bridgehead atoms. The molecule has 0 saturated carbocycles. The van der Waals surface area contributed by atoms with Gasteiger partial charge in [-0.15, -0.1) is 0 Å². The van der Waals surface area contributed by atoms with Crippen molar-refractivity contribution >= 4 is 11.1 Å². The lowest BCUT2D eigenvalue weighted by Gasteiger charge is -2.07. The van der Waals surface area contributed by atoms with Crippen LogP contribution in [0.3, 0.4) is 0 Å². The SMILES string of the molecule is CC(C)NCCc1ccc2oc(=O)[nH]c2c1. The first-order valence-corrected chi connectivity index (χ1v) is 5.50. The van der Waals surface area contributed by atoms with Crippen LogP contribution in [-0.2, 0) is 6.42 Å². The summed E-state index contributed by atoms with van der Waals surface area (Å²) in [7, 11) is 0. The summed E-state index contributed by atoms with van der Waals surface area (Å²) in [5.41, 5.74) is 2.58. The van der Waals surface area contributed by atoms with E-state index in [9.17, 15) is 4.79 Å². The van der Waals surface area contributed by atoms with Gasteiger partial charge in [-0.25, -0.2) is 4.79 Å². The van der Waals surface area contributed by atoms with Gasteiger partial charge >= 0.3 is 5.76 Å². The molecule has 0 saturated heterocycles. The van der Waals surface area contributed by atoms with E-state index in [4.69, 9.17) is 4.42 Å². The molecule has 0 aliphatic heterocycles. The van der Waals surface area contributed by atoms with Crippen LogP contribution in [0.4, 0.5) is 0 Å². The summed E-state index contributed by atoms with van der Waals surface area (Å²) in [4.78, 5) is 13.6. The predicted molar refractivity (Wildman–Crippen MR) is 63.7 cm³/mol. The second kappa shape index (κ2) is 4.53. The van der Waals surface area contributed by atoms with Gasteiger partial charge in [-0.2, -0.15) is 0 Å². The highest BCUT2D eigenvalue weighted by atomic mass is 16.4. The third-order valence-corrected chi connectivity index (χ3v) is 2.45. The molecule has 0 atom stereocenters. The molecule has 0 spiro atoms. The molecular weight excluding hydrogens is 204 g/mol. The Bertz CT molecular complexity index is 525. The minimum atomic E-state index is -0.396. The van der Waals surface area contributed by atoms with E-state index in [-0.39, 0.29) is 0 Å². The molecule has 2 aromatic rings. The first-order valence-electron chi connectivity index (χ1n) is 5.50. The largest absolute Gasteiger partial charge is 0.417 e. The number of aromatic amines is 1. The Kier molecular flexibility index (Phi) is 3.10. The molecule has 16 heavy (non-hydrogen) atoms. The maximum Gasteiger partial charge on any atom is 0.417 e. The van der Waals surface area contributed by atoms with Crippen molar-refractivity contribution in [2.24, 2.45) is 0 Å². The summed E-state index contributed by atoms with van der Waals surface area (Å²) in [6.45, 7) is 5.18. The average Bonchev–Trinajstić information content (AvgIpc) is 2.56. The molecule has 1 heterocycles. The number of fused-ring (bicyclic) bond motifs is 1. The van der Waals surface area contributed by atoms with Crippen molar-refractivity contribution in [2.75, 3.05) is 6.54 Å². The molecule has 0 aliphatic carbocycles. The smallest absolute Gasteiger partial charge is 0.408 e. The molecule has 0 aliphatic rings. The van der Waals surface area contributed by atoms with Crippen molar-refractivity contribution in [3.63, 3.8) is 0 Å². The van der Waals surface area contributed by atoms with E-state index in [1.165, 1.54) is 5.56 Å². The molecule has 2 rings (SSSR count). The molecule has 2 N–H and O–H groups in total. The van der Waals surface area contributed by atoms with Crippen LogP contribution in [0, 0.1) is 0 Å². The lowest BCUT2D eigenvalue weighted by molar-refractivity contribution is 0.555. The average molecular weight is 220 g/mol. The fourth-order valence-electron chi connectivity index (χ4n) is 1.66. The van der Waals surface area contributed by atoms with Gasteiger partial charge in [0.05, 0.1) is 5.52 Å². The Balaban J connectivity index is 2.10. The number of hydrogen-bond donors (Lipinski definition) is 2. The second-order valence-corrected chi connectivity index (χ2v) is 4.20. The van der Waals surface area contributed by atoms with Crippen molar-refractivity contribution in [1.29, 1.82) is 0 Å². The summed E-state index contributed by atoms with van der Waals surface area (Å²) in [5, 5.41) is 3.35. The van der Waals surface area contributed by atoms with Crippen LogP contribution in [0.1, 0.15) is 19.4 Å². The highest BCUT2D eigenvalue weighted by Crippen LogP contribution is 2.12. The van der Waals surface area contributed by atoms with Gasteiger partial charge < -0.3 is 9.73 Å². The highest BCUT2D eigenvalue weighted by molar-refractivity contribution is 5.72. The Labute approximate surface area is 93.7 Å². The first-order chi connectivity index (χ1) is 7.65. The van der Waals surface area contributed by atoms with E-state index in [0.717, 1.165) is 18.5 Å². The maximum atomic E-state index is 11.0. The molecule has 4 heteroatoms. The lowest BCUT2D eigenvalue weighted by Crippen LogP contribution is -2.24. The molecule has 1 aromatic carbocycles. The third-order valence-electron chi connectivity index (χ3n) is 2.45. The minimum Gasteiger partial charge on any atom is -0.408 e. The van der Waals surface area contributed by atoms with E-state index < -0.39 is 5.76 Å². The van der Waals surface area contributed by atoms with Gasteiger partial charge in [0.2, 0.25) is 0 Å². The van der Waals surface area contributed by atoms with Crippen LogP contribution in [0.25, 0.3) is 11.1 Å². The molecule has 0 amide bonds. The van der Waals surface area contributed by atoms with E-state index in [2.05, 4.69) is 24.1 Å². The zero-order valence-corrected chi connectivity index (χ0v) is 9.54. The fourth-order valence-corrected chi connectivity index (χ4v) is 1.66. The number of benzene rings is 1. The lowest BCUT2D eigenvalue weighted by atomic mass is 10.1. The van der Waals surface area contributed by atoms with Crippen LogP contribution < -0.4 is 11.1 Å². The van der Waals surface area contributed by atoms with Gasteiger partial charge in [0, 0.05) is 6.04 Å². The molecular formula is C12H16N2O2. The van der Waals surface area contributed by atoms with Crippen molar-refractivity contribution in [2.45, 2.75) is 26.3 Å². The number of hydrogen-bond acceptors (Lipinski definition) is 3. The van der Waals surface area contributed by atoms with Gasteiger partial charge in [-0.3, -0.25) is 4.98 Å². The monoisotopic (exact) mass is 220 g/mol. The summed E-state index contributed by atoms with van der Waals surface area (Å²) < 4.78 is 4.94. The number of aromatic nitrogens is 1. The summed E-state index contributed by atoms with van der Waals surface area (Å²) in [6, 6.07) is 6.28. The molecule has 0 radical (unpaired) electrons. The zero-order valence-electron chi connectivity index (χ0n) is 9.54. The van der Waals surface area contributed by atoms with E-state index in [1.54, 1.807) is 0 Å². The van der Waals surface area contributed by atoms with Crippen LogP contribution in [0.2, 0.25) is 0 Å². The van der Waals surface area contributed by atoms with Gasteiger partial charge in [-0.1, -0.05) is 19.9 Å². The Morgan fingerprint density at radius 1 is 1.44 bits per heavy atom. The Hall–Kier alpha value is -1.55.